The maximum Gasteiger partial charge on any atom is 0.340 e. The highest BCUT2D eigenvalue weighted by Crippen LogP contribution is 2.42. The van der Waals surface area contributed by atoms with Crippen LogP contribution in [0.1, 0.15) is 55.1 Å². The van der Waals surface area contributed by atoms with Gasteiger partial charge in [-0.15, -0.1) is 0 Å². The molecule has 25 heavy (non-hydrogen) atoms. The van der Waals surface area contributed by atoms with E-state index in [2.05, 4.69) is 24.9 Å². The van der Waals surface area contributed by atoms with Crippen molar-refractivity contribution >= 4 is 30.2 Å². The highest BCUT2D eigenvalue weighted by molar-refractivity contribution is 7.79. The van der Waals surface area contributed by atoms with Crippen molar-refractivity contribution < 1.29 is 14.3 Å². The summed E-state index contributed by atoms with van der Waals surface area (Å²) in [5, 5.41) is 2.86. The minimum atomic E-state index is -0.405. The Hall–Kier alpha value is -2.01. The van der Waals surface area contributed by atoms with Crippen LogP contribution in [0.4, 0.5) is 5.69 Å². The second kappa shape index (κ2) is 8.90. The fourth-order valence-electron chi connectivity index (χ4n) is 2.97. The topological polar surface area (TPSA) is 55.4 Å². The van der Waals surface area contributed by atoms with E-state index in [1.807, 2.05) is 24.3 Å². The zero-order valence-corrected chi connectivity index (χ0v) is 15.9. The Kier molecular flexibility index (Phi) is 6.88. The van der Waals surface area contributed by atoms with E-state index in [4.69, 9.17) is 4.74 Å². The van der Waals surface area contributed by atoms with Crippen LogP contribution in [0.25, 0.3) is 11.1 Å². The van der Waals surface area contributed by atoms with Crippen molar-refractivity contribution in [2.24, 2.45) is 0 Å². The zero-order valence-electron chi connectivity index (χ0n) is 15.0. The molecular weight excluding hydrogens is 334 g/mol. The van der Waals surface area contributed by atoms with E-state index < -0.39 is 5.97 Å². The Morgan fingerprint density at radius 2 is 1.80 bits per heavy atom. The predicted octanol–water partition coefficient (Wildman–Crippen LogP) is 4.70. The maximum absolute atomic E-state index is 12.6. The minimum Gasteiger partial charge on any atom is -0.462 e. The molecule has 5 heteroatoms. The van der Waals surface area contributed by atoms with Gasteiger partial charge in [-0.1, -0.05) is 37.6 Å². The molecule has 0 saturated heterocycles. The summed E-state index contributed by atoms with van der Waals surface area (Å²) >= 11 is 4.33. The van der Waals surface area contributed by atoms with Crippen LogP contribution in [0.2, 0.25) is 0 Å². The third-order valence-corrected chi connectivity index (χ3v) is 4.47. The highest BCUT2D eigenvalue weighted by atomic mass is 32.1. The molecule has 0 bridgehead atoms. The van der Waals surface area contributed by atoms with Gasteiger partial charge in [0.25, 0.3) is 0 Å². The molecule has 2 rings (SSSR count). The largest absolute Gasteiger partial charge is 0.462 e. The minimum absolute atomic E-state index is 0.195. The second-order valence-corrected chi connectivity index (χ2v) is 6.28. The number of hydrogen-bond acceptors (Lipinski definition) is 4. The number of unbranched alkanes of at least 4 members (excludes halogenated alkanes) is 1. The average molecular weight is 359 g/mol. The van der Waals surface area contributed by atoms with E-state index in [-0.39, 0.29) is 12.5 Å². The summed E-state index contributed by atoms with van der Waals surface area (Å²) in [5.74, 6) is 0.0196. The number of nitrogens with one attached hydrogen (secondary N) is 1. The molecule has 2 aliphatic carbocycles. The molecule has 2 aliphatic rings. The van der Waals surface area contributed by atoms with Gasteiger partial charge in [0.1, 0.15) is 0 Å². The fourth-order valence-corrected chi connectivity index (χ4v) is 3.18. The first-order valence-corrected chi connectivity index (χ1v) is 9.29. The Morgan fingerprint density at radius 3 is 2.36 bits per heavy atom. The smallest absolute Gasteiger partial charge is 0.340 e. The molecule has 134 valence electrons. The van der Waals surface area contributed by atoms with Crippen LogP contribution in [0, 0.1) is 0 Å². The number of thiol groups is 1. The van der Waals surface area contributed by atoms with Crippen molar-refractivity contribution in [1.82, 2.24) is 0 Å². The lowest BCUT2D eigenvalue weighted by Gasteiger charge is -2.08. The zero-order chi connectivity index (χ0) is 18.4. The number of hydrogen-bond donors (Lipinski definition) is 2. The molecular formula is C20H25NO3S. The summed E-state index contributed by atoms with van der Waals surface area (Å²) in [4.78, 5) is 24.4. The fraction of sp³-hybridized carbons (Fsp3) is 0.400. The number of amides is 1. The van der Waals surface area contributed by atoms with Crippen molar-refractivity contribution in [2.75, 3.05) is 11.9 Å². The number of carbonyl (C=O) groups excluding carboxylic acids is 2. The molecule has 0 aromatic rings. The summed E-state index contributed by atoms with van der Waals surface area (Å²) < 4.78 is 5.26. The summed E-state index contributed by atoms with van der Waals surface area (Å²) in [5.41, 5.74) is 4.88. The van der Waals surface area contributed by atoms with E-state index in [0.717, 1.165) is 41.5 Å². The lowest BCUT2D eigenvalue weighted by atomic mass is 10.0. The first kappa shape index (κ1) is 19.3. The quantitative estimate of drug-likeness (QED) is 0.556. The standard InChI is InChI=1S/C20H25NO3S/c1-4-6-7-17-15-10-8-14(12-25)9-11-16(15)18(20(23)24-5-2)19(17)21-13(3)22/h8-11,25H,4-7,12H2,1-3H3,(H,21,22). The highest BCUT2D eigenvalue weighted by Gasteiger charge is 2.28. The van der Waals surface area contributed by atoms with Crippen molar-refractivity contribution in [3.8, 4) is 11.1 Å². The summed E-state index contributed by atoms with van der Waals surface area (Å²) in [6.07, 6.45) is 2.80. The van der Waals surface area contributed by atoms with Crippen molar-refractivity contribution in [3.63, 3.8) is 0 Å². The van der Waals surface area contributed by atoms with Crippen molar-refractivity contribution in [1.29, 1.82) is 0 Å². The summed E-state index contributed by atoms with van der Waals surface area (Å²) in [6, 6.07) is 7.91. The van der Waals surface area contributed by atoms with Crippen LogP contribution in [0.15, 0.2) is 24.3 Å². The van der Waals surface area contributed by atoms with Crippen LogP contribution < -0.4 is 5.32 Å². The summed E-state index contributed by atoms with van der Waals surface area (Å²) in [6.45, 7) is 5.64. The van der Waals surface area contributed by atoms with Crippen LogP contribution >= 0.6 is 12.6 Å². The van der Waals surface area contributed by atoms with Crippen LogP contribution in [0.5, 0.6) is 0 Å². The van der Waals surface area contributed by atoms with E-state index >= 15 is 0 Å². The maximum atomic E-state index is 12.6. The molecule has 0 aromatic heterocycles. The third-order valence-electron chi connectivity index (χ3n) is 4.11. The third kappa shape index (κ3) is 4.34. The monoisotopic (exact) mass is 359 g/mol. The summed E-state index contributed by atoms with van der Waals surface area (Å²) in [7, 11) is 0. The van der Waals surface area contributed by atoms with Gasteiger partial charge in [-0.25, -0.2) is 4.79 Å². The normalized spacial score (nSPS) is 10.7. The van der Waals surface area contributed by atoms with Gasteiger partial charge in [-0.3, -0.25) is 4.79 Å². The number of anilines is 1. The van der Waals surface area contributed by atoms with Gasteiger partial charge in [0.05, 0.1) is 17.9 Å². The molecule has 0 fully saturated rings. The van der Waals surface area contributed by atoms with Crippen LogP contribution in [-0.4, -0.2) is 18.5 Å². The molecule has 1 N–H and O–H groups in total. The van der Waals surface area contributed by atoms with Crippen LogP contribution in [-0.2, 0) is 21.7 Å². The molecule has 0 aliphatic heterocycles. The van der Waals surface area contributed by atoms with Gasteiger partial charge in [-0.05, 0) is 42.0 Å². The molecule has 0 saturated carbocycles. The molecule has 0 heterocycles. The van der Waals surface area contributed by atoms with Gasteiger partial charge >= 0.3 is 5.97 Å². The number of rotatable bonds is 7. The Labute approximate surface area is 154 Å². The molecule has 1 amide bonds. The molecule has 0 spiro atoms. The van der Waals surface area contributed by atoms with Gasteiger partial charge in [-0.2, -0.15) is 12.6 Å². The van der Waals surface area contributed by atoms with Gasteiger partial charge in [0, 0.05) is 12.7 Å². The van der Waals surface area contributed by atoms with Crippen LogP contribution in [0.3, 0.4) is 0 Å². The van der Waals surface area contributed by atoms with E-state index in [1.54, 1.807) is 6.92 Å². The number of esters is 1. The van der Waals surface area contributed by atoms with Gasteiger partial charge < -0.3 is 10.1 Å². The first-order valence-electron chi connectivity index (χ1n) is 8.66. The Balaban J connectivity index is 2.74. The lowest BCUT2D eigenvalue weighted by Crippen LogP contribution is -2.12. The average Bonchev–Trinajstić information content (AvgIpc) is 2.71. The van der Waals surface area contributed by atoms with Crippen molar-refractivity contribution in [2.45, 2.75) is 45.8 Å². The van der Waals surface area contributed by atoms with E-state index in [9.17, 15) is 9.59 Å². The SMILES string of the molecule is CCCCc1c2ccc(CS)ccc-2c(C(=O)OCC)c1NC(C)=O. The van der Waals surface area contributed by atoms with E-state index in [1.165, 1.54) is 6.92 Å². The molecule has 0 atom stereocenters. The predicted molar refractivity (Wildman–Crippen MR) is 105 cm³/mol. The molecule has 4 nitrogen and oxygen atoms in total. The Bertz CT molecular complexity index is 742. The first-order chi connectivity index (χ1) is 12.0. The lowest BCUT2D eigenvalue weighted by molar-refractivity contribution is -0.114. The van der Waals surface area contributed by atoms with Crippen molar-refractivity contribution in [3.05, 3.63) is 41.0 Å². The van der Waals surface area contributed by atoms with Gasteiger partial charge in [0.15, 0.2) is 0 Å². The Morgan fingerprint density at radius 1 is 1.12 bits per heavy atom. The van der Waals surface area contributed by atoms with Gasteiger partial charge in [0.2, 0.25) is 5.91 Å². The molecule has 0 radical (unpaired) electrons. The second-order valence-electron chi connectivity index (χ2n) is 5.96. The molecule has 0 unspecified atom stereocenters. The number of fused-ring (bicyclic) bond motifs is 1. The number of carbonyl (C=O) groups is 2. The number of ether oxygens (including phenoxy) is 1. The molecule has 0 aromatic carbocycles. The van der Waals surface area contributed by atoms with E-state index in [0.29, 0.717) is 17.0 Å².